The number of aromatic nitrogens is 4. The van der Waals surface area contributed by atoms with Gasteiger partial charge in [0.05, 0.1) is 16.9 Å². The summed E-state index contributed by atoms with van der Waals surface area (Å²) in [6.45, 7) is 1.16. The molecule has 3 aromatic rings. The van der Waals surface area contributed by atoms with Gasteiger partial charge in [-0.25, -0.2) is 9.78 Å². The molecule has 4 aliphatic carbocycles. The Balaban J connectivity index is 1.09. The van der Waals surface area contributed by atoms with Gasteiger partial charge < -0.3 is 35.0 Å². The van der Waals surface area contributed by atoms with Gasteiger partial charge in [-0.05, 0) is 68.8 Å². The van der Waals surface area contributed by atoms with Gasteiger partial charge >= 0.3 is 6.03 Å². The van der Waals surface area contributed by atoms with Crippen molar-refractivity contribution in [2.24, 2.45) is 17.8 Å². The van der Waals surface area contributed by atoms with E-state index in [9.17, 15) is 14.7 Å². The minimum Gasteiger partial charge on any atom is -0.390 e. The standard InChI is InChI=1S/C28H36N8O4/c1-35(2)27(38)36-7-4-18(5-8-36)31-25(37)24-33-26(40-34-24)20-14-30-23-19(3-6-29-23)22(20)32-21-16-9-15-10-17(21)13-28(39,11-15)12-16/h3,6,14-18,21,39H,4-5,7-13H2,1-2H3,(H,31,37)(H2,29,30,32)/t15?,16-,17+,21+,28-. The molecule has 0 aromatic carbocycles. The number of aliphatic hydroxyl groups is 1. The van der Waals surface area contributed by atoms with Crippen molar-refractivity contribution in [3.8, 4) is 11.5 Å². The molecule has 1 unspecified atom stereocenters. The molecule has 12 nitrogen and oxygen atoms in total. The molecule has 5 atom stereocenters. The SMILES string of the molecule is CN(C)C(=O)N1CCC(NC(=O)c2noc(-c3cnc4[nH]ccc4c3N[C@H]3[C@@H]4CC5C[C@H]3C[C@@](O)(C5)C4)n2)CC1. The Bertz CT molecular complexity index is 1420. The van der Waals surface area contributed by atoms with Crippen LogP contribution in [-0.2, 0) is 0 Å². The number of rotatable bonds is 5. The molecule has 3 aromatic heterocycles. The predicted octanol–water partition coefficient (Wildman–Crippen LogP) is 2.84. The van der Waals surface area contributed by atoms with Gasteiger partial charge in [-0.3, -0.25) is 4.79 Å². The number of carbonyl (C=O) groups excluding carboxylic acids is 2. The first kappa shape index (κ1) is 25.3. The monoisotopic (exact) mass is 548 g/mol. The lowest BCUT2D eigenvalue weighted by atomic mass is 9.52. The van der Waals surface area contributed by atoms with Crippen molar-refractivity contribution >= 4 is 28.7 Å². The third-order valence-corrected chi connectivity index (χ3v) is 9.48. The number of hydrogen-bond donors (Lipinski definition) is 4. The number of fused-ring (bicyclic) bond motifs is 1. The molecule has 4 heterocycles. The lowest BCUT2D eigenvalue weighted by Crippen LogP contribution is -2.59. The van der Waals surface area contributed by atoms with Gasteiger partial charge in [0.25, 0.3) is 17.6 Å². The van der Waals surface area contributed by atoms with Gasteiger partial charge in [0.1, 0.15) is 5.65 Å². The summed E-state index contributed by atoms with van der Waals surface area (Å²) in [6.07, 6.45) is 9.78. The summed E-state index contributed by atoms with van der Waals surface area (Å²) < 4.78 is 5.61. The maximum atomic E-state index is 13.0. The third-order valence-electron chi connectivity index (χ3n) is 9.48. The third kappa shape index (κ3) is 4.38. The molecule has 12 heteroatoms. The van der Waals surface area contributed by atoms with Gasteiger partial charge in [0.2, 0.25) is 0 Å². The van der Waals surface area contributed by atoms with Crippen LogP contribution in [0.4, 0.5) is 10.5 Å². The van der Waals surface area contributed by atoms with E-state index in [4.69, 9.17) is 4.52 Å². The highest BCUT2D eigenvalue weighted by molar-refractivity contribution is 5.97. The fourth-order valence-corrected chi connectivity index (χ4v) is 7.88. The van der Waals surface area contributed by atoms with Gasteiger partial charge in [0.15, 0.2) is 0 Å². The van der Waals surface area contributed by atoms with Crippen LogP contribution in [0.25, 0.3) is 22.5 Å². The Morgan fingerprint density at radius 2 is 1.93 bits per heavy atom. The summed E-state index contributed by atoms with van der Waals surface area (Å²) in [6, 6.07) is 2.14. The predicted molar refractivity (Wildman–Crippen MR) is 146 cm³/mol. The van der Waals surface area contributed by atoms with Crippen molar-refractivity contribution in [2.45, 2.75) is 62.6 Å². The quantitative estimate of drug-likeness (QED) is 0.380. The molecule has 5 fully saturated rings. The summed E-state index contributed by atoms with van der Waals surface area (Å²) >= 11 is 0. The lowest BCUT2D eigenvalue weighted by Gasteiger charge is -2.58. The number of hydrogen-bond acceptors (Lipinski definition) is 8. The van der Waals surface area contributed by atoms with Gasteiger partial charge in [-0.1, -0.05) is 5.16 Å². The van der Waals surface area contributed by atoms with E-state index < -0.39 is 11.5 Å². The topological polar surface area (TPSA) is 153 Å². The fourth-order valence-electron chi connectivity index (χ4n) is 7.88. The average molecular weight is 549 g/mol. The van der Waals surface area contributed by atoms with Crippen LogP contribution in [0, 0.1) is 17.8 Å². The van der Waals surface area contributed by atoms with Crippen molar-refractivity contribution in [1.29, 1.82) is 0 Å². The van der Waals surface area contributed by atoms with Crippen molar-refractivity contribution in [2.75, 3.05) is 32.5 Å². The molecule has 1 saturated heterocycles. The van der Waals surface area contributed by atoms with E-state index >= 15 is 0 Å². The van der Waals surface area contributed by atoms with Crippen molar-refractivity contribution in [3.63, 3.8) is 0 Å². The average Bonchev–Trinajstić information content (AvgIpc) is 3.60. The second-order valence-electron chi connectivity index (χ2n) is 12.5. The van der Waals surface area contributed by atoms with Gasteiger partial charge in [-0.2, -0.15) is 4.98 Å². The highest BCUT2D eigenvalue weighted by Crippen LogP contribution is 2.56. The van der Waals surface area contributed by atoms with E-state index in [1.807, 2.05) is 12.3 Å². The number of pyridine rings is 1. The summed E-state index contributed by atoms with van der Waals surface area (Å²) in [4.78, 5) is 40.8. The van der Waals surface area contributed by atoms with Crippen LogP contribution in [0.2, 0.25) is 0 Å². The number of nitrogens with one attached hydrogen (secondary N) is 3. The van der Waals surface area contributed by atoms with Crippen molar-refractivity contribution in [3.05, 3.63) is 24.3 Å². The molecular formula is C28H36N8O4. The number of H-pyrrole nitrogens is 1. The number of likely N-dealkylation sites (tertiary alicyclic amines) is 1. The number of nitrogens with zero attached hydrogens (tertiary/aromatic N) is 5. The van der Waals surface area contributed by atoms with E-state index in [-0.39, 0.29) is 29.8 Å². The molecule has 3 amide bonds. The van der Waals surface area contributed by atoms with E-state index in [1.54, 1.807) is 30.1 Å². The smallest absolute Gasteiger partial charge is 0.319 e. The Labute approximate surface area is 231 Å². The summed E-state index contributed by atoms with van der Waals surface area (Å²) in [7, 11) is 3.48. The van der Waals surface area contributed by atoms with Crippen molar-refractivity contribution in [1.82, 2.24) is 35.2 Å². The highest BCUT2D eigenvalue weighted by Gasteiger charge is 2.54. The van der Waals surface area contributed by atoms with Crippen LogP contribution in [0.5, 0.6) is 0 Å². The molecule has 8 rings (SSSR count). The van der Waals surface area contributed by atoms with Crippen LogP contribution in [-0.4, -0.2) is 91.8 Å². The second kappa shape index (κ2) is 9.46. The molecule has 1 aliphatic heterocycles. The van der Waals surface area contributed by atoms with Crippen LogP contribution >= 0.6 is 0 Å². The Morgan fingerprint density at radius 1 is 1.18 bits per heavy atom. The largest absolute Gasteiger partial charge is 0.390 e. The minimum absolute atomic E-state index is 0.0190. The van der Waals surface area contributed by atoms with E-state index in [0.29, 0.717) is 49.2 Å². The van der Waals surface area contributed by atoms with Crippen molar-refractivity contribution < 1.29 is 19.2 Å². The molecule has 40 heavy (non-hydrogen) atoms. The molecule has 4 N–H and O–H groups in total. The zero-order valence-electron chi connectivity index (χ0n) is 22.9. The number of carbonyl (C=O) groups is 2. The first-order valence-corrected chi connectivity index (χ1v) is 14.3. The highest BCUT2D eigenvalue weighted by atomic mass is 16.5. The fraction of sp³-hybridized carbons (Fsp3) is 0.607. The van der Waals surface area contributed by atoms with Crippen LogP contribution in [0.3, 0.4) is 0 Å². The first-order chi connectivity index (χ1) is 19.3. The summed E-state index contributed by atoms with van der Waals surface area (Å²) in [5.41, 5.74) is 1.77. The molecule has 0 radical (unpaired) electrons. The van der Waals surface area contributed by atoms with Crippen LogP contribution in [0.1, 0.15) is 55.6 Å². The Hall–Kier alpha value is -3.67. The van der Waals surface area contributed by atoms with E-state index in [2.05, 4.69) is 30.7 Å². The second-order valence-corrected chi connectivity index (χ2v) is 12.5. The van der Waals surface area contributed by atoms with Gasteiger partial charge in [-0.15, -0.1) is 0 Å². The Kier molecular flexibility index (Phi) is 5.99. The minimum atomic E-state index is -0.508. The molecule has 212 valence electrons. The first-order valence-electron chi connectivity index (χ1n) is 14.3. The maximum absolute atomic E-state index is 13.0. The number of urea groups is 1. The molecule has 0 spiro atoms. The summed E-state index contributed by atoms with van der Waals surface area (Å²) in [5.74, 6) is 1.25. The van der Waals surface area contributed by atoms with E-state index in [1.165, 1.54) is 0 Å². The molecule has 4 saturated carbocycles. The maximum Gasteiger partial charge on any atom is 0.319 e. The zero-order chi connectivity index (χ0) is 27.6. The molecule has 5 aliphatic rings. The normalized spacial score (nSPS) is 29.6. The van der Waals surface area contributed by atoms with E-state index in [0.717, 1.165) is 48.8 Å². The Morgan fingerprint density at radius 3 is 2.62 bits per heavy atom. The number of aromatic amines is 1. The molecular weight excluding hydrogens is 512 g/mol. The van der Waals surface area contributed by atoms with Crippen LogP contribution in [0.15, 0.2) is 23.0 Å². The number of piperidine rings is 1. The zero-order valence-corrected chi connectivity index (χ0v) is 22.9. The number of anilines is 1. The number of amides is 3. The van der Waals surface area contributed by atoms with Gasteiger partial charge in [0, 0.05) is 57.0 Å². The molecule has 4 bridgehead atoms. The lowest BCUT2D eigenvalue weighted by molar-refractivity contribution is -0.129. The van der Waals surface area contributed by atoms with Crippen LogP contribution < -0.4 is 10.6 Å². The summed E-state index contributed by atoms with van der Waals surface area (Å²) in [5, 5.41) is 22.8.